The van der Waals surface area contributed by atoms with Gasteiger partial charge in [0.2, 0.25) is 0 Å². The van der Waals surface area contributed by atoms with E-state index in [1.807, 2.05) is 0 Å². The largest absolute Gasteiger partial charge is 0.480 e. The number of aliphatic carboxylic acids is 1. The first-order valence-corrected chi connectivity index (χ1v) is 5.04. The van der Waals surface area contributed by atoms with Crippen LogP contribution in [-0.2, 0) is 10.2 Å². The Morgan fingerprint density at radius 2 is 2.27 bits per heavy atom. The molecule has 1 unspecified atom stereocenters. The molecule has 1 aliphatic rings. The second-order valence-corrected chi connectivity index (χ2v) is 4.23. The summed E-state index contributed by atoms with van der Waals surface area (Å²) >= 11 is 5.67. The van der Waals surface area contributed by atoms with Crippen LogP contribution in [0, 0.1) is 0 Å². The molecule has 0 saturated heterocycles. The molecule has 15 heavy (non-hydrogen) atoms. The van der Waals surface area contributed by atoms with E-state index in [2.05, 4.69) is 4.98 Å². The SMILES string of the molecule is NC(C(=O)O)C1(c2ccc(Cl)nc2)CC1. The maximum absolute atomic E-state index is 10.9. The normalized spacial score (nSPS) is 19.6. The lowest BCUT2D eigenvalue weighted by Crippen LogP contribution is -2.42. The van der Waals surface area contributed by atoms with E-state index in [4.69, 9.17) is 22.4 Å². The lowest BCUT2D eigenvalue weighted by atomic mass is 9.90. The van der Waals surface area contributed by atoms with Crippen molar-refractivity contribution >= 4 is 17.6 Å². The molecule has 1 saturated carbocycles. The quantitative estimate of drug-likeness (QED) is 0.759. The van der Waals surface area contributed by atoms with Crippen molar-refractivity contribution in [3.05, 3.63) is 29.0 Å². The van der Waals surface area contributed by atoms with E-state index < -0.39 is 17.4 Å². The van der Waals surface area contributed by atoms with Crippen LogP contribution in [-0.4, -0.2) is 22.1 Å². The molecule has 0 aliphatic heterocycles. The van der Waals surface area contributed by atoms with Crippen LogP contribution in [0.25, 0.3) is 0 Å². The Bertz CT molecular complexity index is 387. The summed E-state index contributed by atoms with van der Waals surface area (Å²) in [6.07, 6.45) is 3.20. The van der Waals surface area contributed by atoms with E-state index in [0.717, 1.165) is 18.4 Å². The second-order valence-electron chi connectivity index (χ2n) is 3.84. The molecule has 1 aromatic heterocycles. The highest BCUT2D eigenvalue weighted by molar-refractivity contribution is 6.29. The number of rotatable bonds is 3. The number of hydrogen-bond donors (Lipinski definition) is 2. The average Bonchev–Trinajstić information content (AvgIpc) is 2.99. The molecule has 1 atom stereocenters. The Balaban J connectivity index is 2.30. The predicted molar refractivity (Wildman–Crippen MR) is 55.8 cm³/mol. The van der Waals surface area contributed by atoms with Crippen LogP contribution in [0.4, 0.5) is 0 Å². The van der Waals surface area contributed by atoms with Crippen molar-refractivity contribution in [2.24, 2.45) is 5.73 Å². The van der Waals surface area contributed by atoms with Crippen molar-refractivity contribution in [2.75, 3.05) is 0 Å². The van der Waals surface area contributed by atoms with Gasteiger partial charge in [0.25, 0.3) is 0 Å². The van der Waals surface area contributed by atoms with E-state index >= 15 is 0 Å². The van der Waals surface area contributed by atoms with E-state index in [9.17, 15) is 4.79 Å². The number of nitrogens with two attached hydrogens (primary N) is 1. The number of pyridine rings is 1. The topological polar surface area (TPSA) is 76.2 Å². The molecule has 4 nitrogen and oxygen atoms in total. The molecule has 1 fully saturated rings. The van der Waals surface area contributed by atoms with Gasteiger partial charge in [0.05, 0.1) is 0 Å². The summed E-state index contributed by atoms with van der Waals surface area (Å²) in [5.41, 5.74) is 6.10. The third kappa shape index (κ3) is 1.70. The van der Waals surface area contributed by atoms with Gasteiger partial charge in [0.15, 0.2) is 0 Å². The summed E-state index contributed by atoms with van der Waals surface area (Å²) in [4.78, 5) is 14.8. The zero-order chi connectivity index (χ0) is 11.1. The van der Waals surface area contributed by atoms with Gasteiger partial charge in [-0.05, 0) is 24.5 Å². The van der Waals surface area contributed by atoms with Gasteiger partial charge >= 0.3 is 5.97 Å². The number of carboxylic acid groups (broad SMARTS) is 1. The number of nitrogens with zero attached hydrogens (tertiary/aromatic N) is 1. The van der Waals surface area contributed by atoms with E-state index in [0.29, 0.717) is 5.15 Å². The maximum Gasteiger partial charge on any atom is 0.321 e. The van der Waals surface area contributed by atoms with Gasteiger partial charge in [0, 0.05) is 11.6 Å². The second kappa shape index (κ2) is 3.47. The lowest BCUT2D eigenvalue weighted by molar-refractivity contribution is -0.139. The molecule has 0 spiro atoms. The van der Waals surface area contributed by atoms with Crippen LogP contribution in [0.3, 0.4) is 0 Å². The lowest BCUT2D eigenvalue weighted by Gasteiger charge is -2.19. The molecule has 1 heterocycles. The fraction of sp³-hybridized carbons (Fsp3) is 0.400. The van der Waals surface area contributed by atoms with E-state index in [1.165, 1.54) is 0 Å². The Hall–Kier alpha value is -1.13. The highest BCUT2D eigenvalue weighted by Gasteiger charge is 2.52. The molecular formula is C10H11ClN2O2. The maximum atomic E-state index is 10.9. The van der Waals surface area contributed by atoms with Crippen LogP contribution >= 0.6 is 11.6 Å². The van der Waals surface area contributed by atoms with E-state index in [-0.39, 0.29) is 0 Å². The van der Waals surface area contributed by atoms with Crippen molar-refractivity contribution in [1.82, 2.24) is 4.98 Å². The molecule has 0 amide bonds. The Kier molecular flexibility index (Phi) is 2.40. The summed E-state index contributed by atoms with van der Waals surface area (Å²) < 4.78 is 0. The Morgan fingerprint density at radius 3 is 2.67 bits per heavy atom. The number of halogens is 1. The predicted octanol–water partition coefficient (Wildman–Crippen LogP) is 1.18. The first kappa shape index (κ1) is 10.4. The van der Waals surface area contributed by atoms with E-state index in [1.54, 1.807) is 18.3 Å². The standard InChI is InChI=1S/C10H11ClN2O2/c11-7-2-1-6(5-13-7)10(3-4-10)8(12)9(14)15/h1-2,5,8H,3-4,12H2,(H,14,15). The molecule has 2 rings (SSSR count). The van der Waals surface area contributed by atoms with Crippen LogP contribution in [0.2, 0.25) is 5.15 Å². The minimum absolute atomic E-state index is 0.401. The molecule has 80 valence electrons. The summed E-state index contributed by atoms with van der Waals surface area (Å²) in [6.45, 7) is 0. The zero-order valence-electron chi connectivity index (χ0n) is 7.98. The summed E-state index contributed by atoms with van der Waals surface area (Å²) in [5, 5.41) is 9.30. The average molecular weight is 227 g/mol. The van der Waals surface area contributed by atoms with Gasteiger partial charge in [-0.15, -0.1) is 0 Å². The van der Waals surface area contributed by atoms with Gasteiger partial charge in [-0.2, -0.15) is 0 Å². The number of hydrogen-bond acceptors (Lipinski definition) is 3. The number of carboxylic acids is 1. The summed E-state index contributed by atoms with van der Waals surface area (Å²) in [7, 11) is 0. The van der Waals surface area contributed by atoms with Crippen molar-refractivity contribution < 1.29 is 9.90 Å². The Labute approximate surface area is 92.1 Å². The molecule has 0 radical (unpaired) electrons. The molecule has 3 N–H and O–H groups in total. The van der Waals surface area contributed by atoms with Crippen molar-refractivity contribution in [3.63, 3.8) is 0 Å². The zero-order valence-corrected chi connectivity index (χ0v) is 8.74. The van der Waals surface area contributed by atoms with Gasteiger partial charge in [-0.1, -0.05) is 17.7 Å². The van der Waals surface area contributed by atoms with Gasteiger partial charge in [-0.3, -0.25) is 4.79 Å². The smallest absolute Gasteiger partial charge is 0.321 e. The van der Waals surface area contributed by atoms with Crippen LogP contribution in [0.5, 0.6) is 0 Å². The van der Waals surface area contributed by atoms with Crippen LogP contribution in [0.1, 0.15) is 18.4 Å². The fourth-order valence-electron chi connectivity index (χ4n) is 1.82. The fourth-order valence-corrected chi connectivity index (χ4v) is 1.93. The first-order chi connectivity index (χ1) is 7.06. The van der Waals surface area contributed by atoms with Crippen molar-refractivity contribution in [1.29, 1.82) is 0 Å². The molecule has 5 heteroatoms. The summed E-state index contributed by atoms with van der Waals surface area (Å²) in [6, 6.07) is 2.59. The van der Waals surface area contributed by atoms with Gasteiger partial charge < -0.3 is 10.8 Å². The number of aromatic nitrogens is 1. The van der Waals surface area contributed by atoms with Gasteiger partial charge in [0.1, 0.15) is 11.2 Å². The highest BCUT2D eigenvalue weighted by atomic mass is 35.5. The minimum atomic E-state index is -0.970. The molecule has 1 aliphatic carbocycles. The van der Waals surface area contributed by atoms with Crippen molar-refractivity contribution in [2.45, 2.75) is 24.3 Å². The summed E-state index contributed by atoms with van der Waals surface area (Å²) in [5.74, 6) is -0.970. The van der Waals surface area contributed by atoms with Crippen LogP contribution in [0.15, 0.2) is 18.3 Å². The van der Waals surface area contributed by atoms with Gasteiger partial charge in [-0.25, -0.2) is 4.98 Å². The van der Waals surface area contributed by atoms with Crippen LogP contribution < -0.4 is 5.73 Å². The molecule has 1 aromatic rings. The molecule has 0 bridgehead atoms. The monoisotopic (exact) mass is 226 g/mol. The first-order valence-electron chi connectivity index (χ1n) is 4.67. The van der Waals surface area contributed by atoms with Crippen molar-refractivity contribution in [3.8, 4) is 0 Å². The molecular weight excluding hydrogens is 216 g/mol. The third-order valence-electron chi connectivity index (χ3n) is 2.95. The Morgan fingerprint density at radius 1 is 1.60 bits per heavy atom. The highest BCUT2D eigenvalue weighted by Crippen LogP contribution is 2.50. The molecule has 0 aromatic carbocycles. The minimum Gasteiger partial charge on any atom is -0.480 e. The third-order valence-corrected chi connectivity index (χ3v) is 3.18. The number of carbonyl (C=O) groups is 1.